The topological polar surface area (TPSA) is 34.1 Å². The number of hydrogen-bond acceptors (Lipinski definition) is 2. The minimum atomic E-state index is -4.25. The van der Waals surface area contributed by atoms with Crippen molar-refractivity contribution in [3.05, 3.63) is 0 Å². The van der Waals surface area contributed by atoms with Crippen LogP contribution in [0.4, 0.5) is 13.2 Å². The van der Waals surface area contributed by atoms with Crippen LogP contribution in [-0.2, 0) is 9.84 Å². The molecule has 0 spiro atoms. The van der Waals surface area contributed by atoms with Crippen molar-refractivity contribution in [1.82, 2.24) is 0 Å². The molecule has 0 rings (SSSR count). The molecule has 0 amide bonds. The first-order valence-corrected chi connectivity index (χ1v) is 7.36. The Morgan fingerprint density at radius 1 is 0.938 bits per heavy atom. The van der Waals surface area contributed by atoms with Gasteiger partial charge in [0.25, 0.3) is 0 Å². The lowest BCUT2D eigenvalue weighted by atomic mass is 10.2. The quantitative estimate of drug-likeness (QED) is 0.627. The summed E-state index contributed by atoms with van der Waals surface area (Å²) in [6.07, 6.45) is -2.22. The molecule has 0 aliphatic carbocycles. The molecule has 0 aliphatic heterocycles. The highest BCUT2D eigenvalue weighted by atomic mass is 32.2. The van der Waals surface area contributed by atoms with Crippen molar-refractivity contribution in [3.8, 4) is 0 Å². The van der Waals surface area contributed by atoms with Crippen LogP contribution in [0.25, 0.3) is 0 Å². The zero-order valence-corrected chi connectivity index (χ0v) is 10.3. The second-order valence-corrected chi connectivity index (χ2v) is 6.23. The molecule has 0 saturated carbocycles. The number of alkyl halides is 3. The fraction of sp³-hybridized carbons (Fsp3) is 1.00. The predicted molar refractivity (Wildman–Crippen MR) is 58.1 cm³/mol. The van der Waals surface area contributed by atoms with Crippen LogP contribution in [0.2, 0.25) is 0 Å². The normalized spacial score (nSPS) is 13.0. The third-order valence-electron chi connectivity index (χ3n) is 2.22. The molecule has 0 bridgehead atoms. The summed E-state index contributed by atoms with van der Waals surface area (Å²) in [5, 5.41) is 0. The molecule has 6 heteroatoms. The summed E-state index contributed by atoms with van der Waals surface area (Å²) in [6.45, 7) is 2.01. The molecule has 0 heterocycles. The van der Waals surface area contributed by atoms with E-state index >= 15 is 0 Å². The third-order valence-corrected chi connectivity index (χ3v) is 4.05. The zero-order valence-electron chi connectivity index (χ0n) is 9.52. The average Bonchev–Trinajstić information content (AvgIpc) is 2.10. The number of unbranched alkanes of at least 4 members (excludes halogenated alkanes) is 3. The summed E-state index contributed by atoms with van der Waals surface area (Å²) < 4.78 is 58.0. The van der Waals surface area contributed by atoms with Gasteiger partial charge < -0.3 is 0 Å². The summed E-state index contributed by atoms with van der Waals surface area (Å²) >= 11 is 0. The van der Waals surface area contributed by atoms with Crippen LogP contribution in [0.3, 0.4) is 0 Å². The van der Waals surface area contributed by atoms with Crippen LogP contribution < -0.4 is 0 Å². The molecule has 0 aliphatic rings. The smallest absolute Gasteiger partial charge is 0.229 e. The van der Waals surface area contributed by atoms with E-state index in [4.69, 9.17) is 0 Å². The van der Waals surface area contributed by atoms with Gasteiger partial charge in [-0.25, -0.2) is 8.42 Å². The maximum atomic E-state index is 11.8. The van der Waals surface area contributed by atoms with Gasteiger partial charge in [0.15, 0.2) is 0 Å². The van der Waals surface area contributed by atoms with Gasteiger partial charge in [-0.2, -0.15) is 13.2 Å². The molecule has 0 N–H and O–H groups in total. The van der Waals surface area contributed by atoms with E-state index in [1.165, 1.54) is 0 Å². The molecule has 16 heavy (non-hydrogen) atoms. The Hall–Kier alpha value is -0.260. The van der Waals surface area contributed by atoms with Crippen molar-refractivity contribution in [2.24, 2.45) is 0 Å². The van der Waals surface area contributed by atoms with E-state index in [-0.39, 0.29) is 17.9 Å². The van der Waals surface area contributed by atoms with E-state index in [1.54, 1.807) is 0 Å². The van der Waals surface area contributed by atoms with Crippen LogP contribution in [0.15, 0.2) is 0 Å². The highest BCUT2D eigenvalue weighted by Crippen LogP contribution is 2.21. The maximum Gasteiger partial charge on any atom is 0.389 e. The molecule has 0 fully saturated rings. The molecule has 98 valence electrons. The monoisotopic (exact) mass is 260 g/mol. The van der Waals surface area contributed by atoms with Gasteiger partial charge >= 0.3 is 6.18 Å². The molecular weight excluding hydrogens is 241 g/mol. The predicted octanol–water partition coefficient (Wildman–Crippen LogP) is 3.32. The first-order valence-electron chi connectivity index (χ1n) is 5.54. The Labute approximate surface area is 95.1 Å². The first kappa shape index (κ1) is 15.7. The summed E-state index contributed by atoms with van der Waals surface area (Å²) in [6, 6.07) is 0. The van der Waals surface area contributed by atoms with Gasteiger partial charge in [0, 0.05) is 6.42 Å². The third kappa shape index (κ3) is 10.3. The van der Waals surface area contributed by atoms with E-state index in [0.717, 1.165) is 19.3 Å². The largest absolute Gasteiger partial charge is 0.389 e. The second kappa shape index (κ2) is 7.14. The Balaban J connectivity index is 3.71. The Kier molecular flexibility index (Phi) is 7.03. The van der Waals surface area contributed by atoms with Gasteiger partial charge in [0.05, 0.1) is 11.5 Å². The van der Waals surface area contributed by atoms with Crippen molar-refractivity contribution in [3.63, 3.8) is 0 Å². The average molecular weight is 260 g/mol. The van der Waals surface area contributed by atoms with Crippen LogP contribution in [0.1, 0.15) is 45.4 Å². The van der Waals surface area contributed by atoms with Gasteiger partial charge in [-0.1, -0.05) is 26.2 Å². The van der Waals surface area contributed by atoms with Crippen molar-refractivity contribution < 1.29 is 21.6 Å². The molecule has 0 saturated heterocycles. The molecule has 0 aromatic heterocycles. The highest BCUT2D eigenvalue weighted by Gasteiger charge is 2.27. The van der Waals surface area contributed by atoms with Crippen LogP contribution in [0.5, 0.6) is 0 Å². The van der Waals surface area contributed by atoms with Crippen molar-refractivity contribution in [1.29, 1.82) is 0 Å². The van der Waals surface area contributed by atoms with Gasteiger partial charge in [0.2, 0.25) is 0 Å². The minimum absolute atomic E-state index is 0.0187. The summed E-state index contributed by atoms with van der Waals surface area (Å²) in [7, 11) is -3.28. The molecule has 0 aromatic rings. The van der Waals surface area contributed by atoms with Crippen LogP contribution in [0, 0.1) is 0 Å². The lowest BCUT2D eigenvalue weighted by Crippen LogP contribution is -2.15. The molecule has 0 radical (unpaired) electrons. The van der Waals surface area contributed by atoms with Crippen molar-refractivity contribution >= 4 is 9.84 Å². The van der Waals surface area contributed by atoms with E-state index in [9.17, 15) is 21.6 Å². The molecule has 0 aromatic carbocycles. The fourth-order valence-corrected chi connectivity index (χ4v) is 2.78. The Morgan fingerprint density at radius 3 is 2.00 bits per heavy atom. The number of rotatable bonds is 8. The number of halogens is 3. The SMILES string of the molecule is CCCCCCS(=O)(=O)CCCC(F)(F)F. The van der Waals surface area contributed by atoms with Crippen molar-refractivity contribution in [2.75, 3.05) is 11.5 Å². The van der Waals surface area contributed by atoms with Gasteiger partial charge in [-0.3, -0.25) is 0 Å². The molecule has 0 unspecified atom stereocenters. The number of hydrogen-bond donors (Lipinski definition) is 0. The van der Waals surface area contributed by atoms with E-state index < -0.39 is 22.4 Å². The van der Waals surface area contributed by atoms with Crippen molar-refractivity contribution in [2.45, 2.75) is 51.6 Å². The maximum absolute atomic E-state index is 11.8. The zero-order chi connectivity index (χ0) is 12.7. The Morgan fingerprint density at radius 2 is 1.50 bits per heavy atom. The summed E-state index contributed by atoms with van der Waals surface area (Å²) in [4.78, 5) is 0. The highest BCUT2D eigenvalue weighted by molar-refractivity contribution is 7.91. The van der Waals surface area contributed by atoms with E-state index in [2.05, 4.69) is 0 Å². The van der Waals surface area contributed by atoms with Gasteiger partial charge in [-0.15, -0.1) is 0 Å². The fourth-order valence-electron chi connectivity index (χ4n) is 1.34. The Bertz CT molecular complexity index is 270. The van der Waals surface area contributed by atoms with Gasteiger partial charge in [-0.05, 0) is 12.8 Å². The molecule has 0 atom stereocenters. The van der Waals surface area contributed by atoms with Crippen LogP contribution >= 0.6 is 0 Å². The summed E-state index contributed by atoms with van der Waals surface area (Å²) in [5.74, 6) is -0.330. The van der Waals surface area contributed by atoms with Gasteiger partial charge in [0.1, 0.15) is 9.84 Å². The van der Waals surface area contributed by atoms with E-state index in [0.29, 0.717) is 6.42 Å². The molecule has 2 nitrogen and oxygen atoms in total. The lowest BCUT2D eigenvalue weighted by Gasteiger charge is -2.06. The minimum Gasteiger partial charge on any atom is -0.229 e. The number of sulfone groups is 1. The lowest BCUT2D eigenvalue weighted by molar-refractivity contribution is -0.134. The first-order chi connectivity index (χ1) is 7.27. The standard InChI is InChI=1S/C10H19F3O2S/c1-2-3-4-5-8-16(14,15)9-6-7-10(11,12)13/h2-9H2,1H3. The second-order valence-electron chi connectivity index (χ2n) is 3.93. The molecular formula is C10H19F3O2S. The summed E-state index contributed by atoms with van der Waals surface area (Å²) in [5.41, 5.74) is 0. The van der Waals surface area contributed by atoms with Crippen LogP contribution in [-0.4, -0.2) is 26.1 Å². The van der Waals surface area contributed by atoms with E-state index in [1.807, 2.05) is 6.92 Å².